The standard InChI is InChI=1S/C19H17F2N3O3/c1-26-14-3-4-15(18(8-14)27-2)16-9-17(24-23-16)19(25)22-10-11-5-12(20)7-13(21)6-11/h3-9H,10H2,1-2H3,(H,22,25)(H,23,24). The summed E-state index contributed by atoms with van der Waals surface area (Å²) >= 11 is 0. The molecule has 2 N–H and O–H groups in total. The van der Waals surface area contributed by atoms with E-state index in [1.54, 1.807) is 31.4 Å². The van der Waals surface area contributed by atoms with E-state index in [9.17, 15) is 13.6 Å². The number of nitrogens with one attached hydrogen (secondary N) is 2. The number of amides is 1. The van der Waals surface area contributed by atoms with Crippen LogP contribution >= 0.6 is 0 Å². The van der Waals surface area contributed by atoms with E-state index in [2.05, 4.69) is 15.5 Å². The van der Waals surface area contributed by atoms with E-state index in [1.165, 1.54) is 7.11 Å². The average molecular weight is 373 g/mol. The van der Waals surface area contributed by atoms with Gasteiger partial charge in [0, 0.05) is 24.2 Å². The zero-order chi connectivity index (χ0) is 19.4. The molecule has 0 aliphatic carbocycles. The Bertz CT molecular complexity index is 952. The number of ether oxygens (including phenoxy) is 2. The summed E-state index contributed by atoms with van der Waals surface area (Å²) in [7, 11) is 3.08. The molecule has 27 heavy (non-hydrogen) atoms. The van der Waals surface area contributed by atoms with Crippen LogP contribution in [0.1, 0.15) is 16.1 Å². The number of hydrogen-bond acceptors (Lipinski definition) is 4. The summed E-state index contributed by atoms with van der Waals surface area (Å²) in [6.07, 6.45) is 0. The molecule has 0 fully saturated rings. The lowest BCUT2D eigenvalue weighted by Gasteiger charge is -2.08. The fourth-order valence-corrected chi connectivity index (χ4v) is 2.58. The van der Waals surface area contributed by atoms with Crippen molar-refractivity contribution in [2.24, 2.45) is 0 Å². The van der Waals surface area contributed by atoms with Gasteiger partial charge in [-0.3, -0.25) is 9.89 Å². The minimum absolute atomic E-state index is 0.0201. The predicted octanol–water partition coefficient (Wildman–Crippen LogP) is 3.30. The van der Waals surface area contributed by atoms with Crippen LogP contribution in [0.4, 0.5) is 8.78 Å². The number of halogens is 2. The van der Waals surface area contributed by atoms with Gasteiger partial charge in [0.2, 0.25) is 0 Å². The SMILES string of the molecule is COc1ccc(-c2cc(C(=O)NCc3cc(F)cc(F)c3)[nH]n2)c(OC)c1. The number of carbonyl (C=O) groups excluding carboxylic acids is 1. The van der Waals surface area contributed by atoms with Crippen LogP contribution in [0, 0.1) is 11.6 Å². The van der Waals surface area contributed by atoms with Crippen LogP contribution < -0.4 is 14.8 Å². The Morgan fingerprint density at radius 1 is 1.07 bits per heavy atom. The van der Waals surface area contributed by atoms with Gasteiger partial charge in [0.1, 0.15) is 28.8 Å². The highest BCUT2D eigenvalue weighted by Gasteiger charge is 2.15. The topological polar surface area (TPSA) is 76.2 Å². The highest BCUT2D eigenvalue weighted by Crippen LogP contribution is 2.32. The van der Waals surface area contributed by atoms with Gasteiger partial charge in [-0.05, 0) is 35.9 Å². The first-order chi connectivity index (χ1) is 13.0. The van der Waals surface area contributed by atoms with Crippen molar-refractivity contribution in [2.75, 3.05) is 14.2 Å². The van der Waals surface area contributed by atoms with E-state index in [4.69, 9.17) is 9.47 Å². The van der Waals surface area contributed by atoms with Crippen LogP contribution in [0.3, 0.4) is 0 Å². The number of methoxy groups -OCH3 is 2. The van der Waals surface area contributed by atoms with E-state index in [0.717, 1.165) is 18.2 Å². The van der Waals surface area contributed by atoms with Crippen molar-refractivity contribution in [1.29, 1.82) is 0 Å². The molecule has 2 aromatic carbocycles. The number of carbonyl (C=O) groups is 1. The third kappa shape index (κ3) is 4.22. The van der Waals surface area contributed by atoms with Crippen LogP contribution in [0.25, 0.3) is 11.3 Å². The molecule has 0 saturated carbocycles. The Morgan fingerprint density at radius 3 is 2.48 bits per heavy atom. The van der Waals surface area contributed by atoms with Crippen LogP contribution in [0.15, 0.2) is 42.5 Å². The number of aromatic amines is 1. The maximum Gasteiger partial charge on any atom is 0.269 e. The van der Waals surface area contributed by atoms with E-state index >= 15 is 0 Å². The Balaban J connectivity index is 1.74. The molecule has 3 aromatic rings. The number of benzene rings is 2. The smallest absolute Gasteiger partial charge is 0.269 e. The molecule has 0 unspecified atom stereocenters. The molecule has 3 rings (SSSR count). The monoisotopic (exact) mass is 373 g/mol. The quantitative estimate of drug-likeness (QED) is 0.695. The molecule has 8 heteroatoms. The molecule has 0 saturated heterocycles. The zero-order valence-electron chi connectivity index (χ0n) is 14.7. The maximum atomic E-state index is 13.2. The largest absolute Gasteiger partial charge is 0.497 e. The molecule has 140 valence electrons. The van der Waals surface area contributed by atoms with Gasteiger partial charge in [-0.2, -0.15) is 5.10 Å². The second kappa shape index (κ2) is 7.86. The van der Waals surface area contributed by atoms with Gasteiger partial charge in [-0.15, -0.1) is 0 Å². The van der Waals surface area contributed by atoms with E-state index in [1.807, 2.05) is 0 Å². The van der Waals surface area contributed by atoms with Crippen molar-refractivity contribution in [3.63, 3.8) is 0 Å². The fraction of sp³-hybridized carbons (Fsp3) is 0.158. The van der Waals surface area contributed by atoms with Crippen molar-refractivity contribution in [3.8, 4) is 22.8 Å². The molecular formula is C19H17F2N3O3. The third-order valence-electron chi connectivity index (χ3n) is 3.88. The van der Waals surface area contributed by atoms with Crippen LogP contribution in [-0.4, -0.2) is 30.3 Å². The Morgan fingerprint density at radius 2 is 1.81 bits per heavy atom. The molecule has 0 bridgehead atoms. The van der Waals surface area contributed by atoms with Gasteiger partial charge in [-0.1, -0.05) is 0 Å². The molecule has 0 aliphatic rings. The van der Waals surface area contributed by atoms with Crippen molar-refractivity contribution in [3.05, 3.63) is 65.4 Å². The number of hydrogen-bond donors (Lipinski definition) is 2. The normalized spacial score (nSPS) is 10.5. The lowest BCUT2D eigenvalue weighted by Crippen LogP contribution is -2.23. The number of H-pyrrole nitrogens is 1. The number of aromatic nitrogens is 2. The number of nitrogens with zero attached hydrogens (tertiary/aromatic N) is 1. The Kier molecular flexibility index (Phi) is 5.35. The Hall–Kier alpha value is -3.42. The summed E-state index contributed by atoms with van der Waals surface area (Å²) < 4.78 is 36.9. The average Bonchev–Trinajstić information content (AvgIpc) is 3.14. The first-order valence-electron chi connectivity index (χ1n) is 8.01. The molecule has 0 spiro atoms. The van der Waals surface area contributed by atoms with Crippen molar-refractivity contribution in [2.45, 2.75) is 6.54 Å². The third-order valence-corrected chi connectivity index (χ3v) is 3.88. The van der Waals surface area contributed by atoms with E-state index < -0.39 is 17.5 Å². The first kappa shape index (κ1) is 18.4. The second-order valence-corrected chi connectivity index (χ2v) is 5.69. The zero-order valence-corrected chi connectivity index (χ0v) is 14.7. The van der Waals surface area contributed by atoms with Crippen LogP contribution in [-0.2, 0) is 6.54 Å². The van der Waals surface area contributed by atoms with Gasteiger partial charge in [0.25, 0.3) is 5.91 Å². The molecule has 6 nitrogen and oxygen atoms in total. The fourth-order valence-electron chi connectivity index (χ4n) is 2.58. The van der Waals surface area contributed by atoms with Crippen molar-refractivity contribution < 1.29 is 23.0 Å². The van der Waals surface area contributed by atoms with Gasteiger partial charge >= 0.3 is 0 Å². The van der Waals surface area contributed by atoms with Gasteiger partial charge in [0.15, 0.2) is 0 Å². The van der Waals surface area contributed by atoms with Gasteiger partial charge < -0.3 is 14.8 Å². The van der Waals surface area contributed by atoms with Crippen LogP contribution in [0.5, 0.6) is 11.5 Å². The molecule has 1 aromatic heterocycles. The summed E-state index contributed by atoms with van der Waals surface area (Å²) in [6, 6.07) is 9.88. The summed E-state index contributed by atoms with van der Waals surface area (Å²) in [5.41, 5.74) is 1.72. The van der Waals surface area contributed by atoms with Crippen molar-refractivity contribution in [1.82, 2.24) is 15.5 Å². The molecule has 1 heterocycles. The Labute approximate surface area is 154 Å². The molecule has 1 amide bonds. The molecule has 0 radical (unpaired) electrons. The lowest BCUT2D eigenvalue weighted by atomic mass is 10.1. The summed E-state index contributed by atoms with van der Waals surface area (Å²) in [6.45, 7) is -0.0201. The van der Waals surface area contributed by atoms with E-state index in [0.29, 0.717) is 28.3 Å². The molecular weight excluding hydrogens is 356 g/mol. The highest BCUT2D eigenvalue weighted by atomic mass is 19.1. The van der Waals surface area contributed by atoms with E-state index in [-0.39, 0.29) is 12.2 Å². The minimum atomic E-state index is -0.699. The predicted molar refractivity (Wildman–Crippen MR) is 94.7 cm³/mol. The van der Waals surface area contributed by atoms with Gasteiger partial charge in [0.05, 0.1) is 19.9 Å². The lowest BCUT2D eigenvalue weighted by molar-refractivity contribution is 0.0945. The van der Waals surface area contributed by atoms with Crippen molar-refractivity contribution >= 4 is 5.91 Å². The summed E-state index contributed by atoms with van der Waals surface area (Å²) in [4.78, 5) is 12.3. The second-order valence-electron chi connectivity index (χ2n) is 5.69. The highest BCUT2D eigenvalue weighted by molar-refractivity contribution is 5.93. The number of rotatable bonds is 6. The first-order valence-corrected chi connectivity index (χ1v) is 8.01. The summed E-state index contributed by atoms with van der Waals surface area (Å²) in [5.74, 6) is -0.676. The van der Waals surface area contributed by atoms with Gasteiger partial charge in [-0.25, -0.2) is 8.78 Å². The molecule has 0 aliphatic heterocycles. The minimum Gasteiger partial charge on any atom is -0.497 e. The molecule has 0 atom stereocenters. The van der Waals surface area contributed by atoms with Crippen LogP contribution in [0.2, 0.25) is 0 Å². The summed E-state index contributed by atoms with van der Waals surface area (Å²) in [5, 5.41) is 9.36. The maximum absolute atomic E-state index is 13.2.